The first-order valence-corrected chi connectivity index (χ1v) is 7.61. The van der Waals surface area contributed by atoms with E-state index in [9.17, 15) is 0 Å². The Labute approximate surface area is 125 Å². The highest BCUT2D eigenvalue weighted by Crippen LogP contribution is 2.29. The maximum atomic E-state index is 5.90. The zero-order valence-electron chi connectivity index (χ0n) is 12.1. The van der Waals surface area contributed by atoms with Crippen LogP contribution in [0.25, 0.3) is 0 Å². The van der Waals surface area contributed by atoms with E-state index in [0.29, 0.717) is 4.99 Å². The second-order valence-electron chi connectivity index (χ2n) is 5.73. The summed E-state index contributed by atoms with van der Waals surface area (Å²) in [5, 5.41) is 8.60. The number of nitrogens with two attached hydrogens (primary N) is 1. The predicted octanol–water partition coefficient (Wildman–Crippen LogP) is 1.01. The highest BCUT2D eigenvalue weighted by molar-refractivity contribution is 7.80. The van der Waals surface area contributed by atoms with Crippen molar-refractivity contribution in [2.75, 3.05) is 31.1 Å². The molecule has 3 rings (SSSR count). The third-order valence-corrected chi connectivity index (χ3v) is 4.56. The molecule has 1 aliphatic carbocycles. The molecule has 0 aromatic carbocycles. The van der Waals surface area contributed by atoms with E-state index in [0.717, 1.165) is 54.9 Å². The zero-order chi connectivity index (χ0) is 14.3. The minimum Gasteiger partial charge on any atom is -0.389 e. The molecular formula is C14H21N5S. The number of hydrogen-bond donors (Lipinski definition) is 1. The van der Waals surface area contributed by atoms with E-state index in [1.54, 1.807) is 0 Å². The van der Waals surface area contributed by atoms with Gasteiger partial charge in [-0.25, -0.2) is 0 Å². The number of hydrogen-bond acceptors (Lipinski definition) is 5. The topological polar surface area (TPSA) is 58.3 Å². The highest BCUT2D eigenvalue weighted by Gasteiger charge is 2.32. The maximum Gasteiger partial charge on any atom is 0.161 e. The third-order valence-electron chi connectivity index (χ3n) is 4.36. The quantitative estimate of drug-likeness (QED) is 0.839. The lowest BCUT2D eigenvalue weighted by molar-refractivity contribution is 0.247. The summed E-state index contributed by atoms with van der Waals surface area (Å²) in [6, 6.07) is 0.832. The second kappa shape index (κ2) is 5.26. The number of nitrogens with zero attached hydrogens (tertiary/aromatic N) is 4. The first-order chi connectivity index (χ1) is 9.58. The Morgan fingerprint density at radius 2 is 1.80 bits per heavy atom. The molecule has 6 heteroatoms. The van der Waals surface area contributed by atoms with Crippen molar-refractivity contribution in [3.05, 3.63) is 16.8 Å². The summed E-state index contributed by atoms with van der Waals surface area (Å²) >= 11 is 5.21. The van der Waals surface area contributed by atoms with Crippen LogP contribution in [0.2, 0.25) is 0 Å². The van der Waals surface area contributed by atoms with Crippen molar-refractivity contribution in [2.24, 2.45) is 5.73 Å². The van der Waals surface area contributed by atoms with E-state index < -0.39 is 0 Å². The zero-order valence-corrected chi connectivity index (χ0v) is 12.9. The molecular weight excluding hydrogens is 270 g/mol. The molecule has 0 bridgehead atoms. The van der Waals surface area contributed by atoms with Gasteiger partial charge in [0.2, 0.25) is 0 Å². The molecule has 0 radical (unpaired) electrons. The van der Waals surface area contributed by atoms with Crippen LogP contribution in [-0.2, 0) is 0 Å². The number of thiocarbonyl (C=S) groups is 1. The number of aromatic nitrogens is 2. The average Bonchev–Trinajstić information content (AvgIpc) is 3.26. The van der Waals surface area contributed by atoms with Crippen LogP contribution in [0.3, 0.4) is 0 Å². The van der Waals surface area contributed by atoms with Crippen molar-refractivity contribution >= 4 is 23.0 Å². The van der Waals surface area contributed by atoms with Gasteiger partial charge < -0.3 is 10.6 Å². The fourth-order valence-corrected chi connectivity index (χ4v) is 3.10. The number of rotatable bonds is 3. The number of anilines is 1. The Bertz CT molecular complexity index is 533. The van der Waals surface area contributed by atoms with Crippen LogP contribution in [0.15, 0.2) is 0 Å². The highest BCUT2D eigenvalue weighted by atomic mass is 32.1. The molecule has 1 aromatic heterocycles. The summed E-state index contributed by atoms with van der Waals surface area (Å²) in [5.41, 5.74) is 8.74. The van der Waals surface area contributed by atoms with Gasteiger partial charge >= 0.3 is 0 Å². The molecule has 1 aliphatic heterocycles. The summed E-state index contributed by atoms with van der Waals surface area (Å²) in [4.78, 5) is 5.26. The Hall–Kier alpha value is -1.27. The second-order valence-corrected chi connectivity index (χ2v) is 6.17. The Balaban J connectivity index is 1.83. The van der Waals surface area contributed by atoms with Gasteiger partial charge in [0.05, 0.1) is 11.3 Å². The van der Waals surface area contributed by atoms with Crippen LogP contribution in [-0.4, -0.2) is 52.3 Å². The summed E-state index contributed by atoms with van der Waals surface area (Å²) in [5.74, 6) is 0.857. The Morgan fingerprint density at radius 1 is 1.15 bits per heavy atom. The van der Waals surface area contributed by atoms with Gasteiger partial charge in [-0.15, -0.1) is 5.10 Å². The predicted molar refractivity (Wildman–Crippen MR) is 84.2 cm³/mol. The molecule has 0 unspecified atom stereocenters. The third kappa shape index (κ3) is 2.50. The fourth-order valence-electron chi connectivity index (χ4n) is 2.85. The molecule has 108 valence electrons. The van der Waals surface area contributed by atoms with E-state index in [1.165, 1.54) is 12.8 Å². The van der Waals surface area contributed by atoms with Gasteiger partial charge in [-0.2, -0.15) is 5.10 Å². The largest absolute Gasteiger partial charge is 0.389 e. The molecule has 20 heavy (non-hydrogen) atoms. The van der Waals surface area contributed by atoms with Crippen molar-refractivity contribution in [3.8, 4) is 0 Å². The Kier molecular flexibility index (Phi) is 3.60. The van der Waals surface area contributed by atoms with Crippen molar-refractivity contribution in [1.82, 2.24) is 15.1 Å². The summed E-state index contributed by atoms with van der Waals surface area (Å²) in [6.45, 7) is 8.10. The van der Waals surface area contributed by atoms with Gasteiger partial charge in [0.15, 0.2) is 5.82 Å². The first-order valence-electron chi connectivity index (χ1n) is 7.20. The van der Waals surface area contributed by atoms with Crippen molar-refractivity contribution in [2.45, 2.75) is 32.7 Å². The summed E-state index contributed by atoms with van der Waals surface area (Å²) < 4.78 is 0. The van der Waals surface area contributed by atoms with Crippen LogP contribution in [0.5, 0.6) is 0 Å². The molecule has 0 spiro atoms. The summed E-state index contributed by atoms with van der Waals surface area (Å²) in [7, 11) is 0. The van der Waals surface area contributed by atoms with Crippen molar-refractivity contribution < 1.29 is 0 Å². The van der Waals surface area contributed by atoms with Gasteiger partial charge in [-0.05, 0) is 32.3 Å². The van der Waals surface area contributed by atoms with E-state index >= 15 is 0 Å². The van der Waals surface area contributed by atoms with Gasteiger partial charge in [-0.1, -0.05) is 12.2 Å². The first kappa shape index (κ1) is 13.7. The Morgan fingerprint density at radius 3 is 2.35 bits per heavy atom. The van der Waals surface area contributed by atoms with Gasteiger partial charge in [0.25, 0.3) is 0 Å². The van der Waals surface area contributed by atoms with E-state index in [4.69, 9.17) is 18.0 Å². The van der Waals surface area contributed by atoms with Crippen LogP contribution in [0.1, 0.15) is 29.7 Å². The minimum absolute atomic E-state index is 0.417. The lowest BCUT2D eigenvalue weighted by Gasteiger charge is -2.36. The number of piperazine rings is 1. The van der Waals surface area contributed by atoms with Crippen LogP contribution < -0.4 is 10.6 Å². The SMILES string of the molecule is Cc1nnc(N2CCN(C3CC3)CC2)c(C(N)=S)c1C. The standard InChI is InChI=1S/C14H21N5S/c1-9-10(2)16-17-14(12(9)13(15)20)19-7-5-18(6-8-19)11-3-4-11/h11H,3-8H2,1-2H3,(H2,15,20). The minimum atomic E-state index is 0.417. The van der Waals surface area contributed by atoms with Crippen molar-refractivity contribution in [1.29, 1.82) is 0 Å². The molecule has 1 saturated heterocycles. The molecule has 1 aromatic rings. The van der Waals surface area contributed by atoms with Crippen LogP contribution in [0.4, 0.5) is 5.82 Å². The lowest BCUT2D eigenvalue weighted by Crippen LogP contribution is -2.48. The molecule has 1 saturated carbocycles. The molecule has 0 amide bonds. The monoisotopic (exact) mass is 291 g/mol. The van der Waals surface area contributed by atoms with Crippen molar-refractivity contribution in [3.63, 3.8) is 0 Å². The van der Waals surface area contributed by atoms with Crippen LogP contribution in [0, 0.1) is 13.8 Å². The molecule has 2 heterocycles. The molecule has 5 nitrogen and oxygen atoms in total. The van der Waals surface area contributed by atoms with E-state index in [2.05, 4.69) is 20.0 Å². The lowest BCUT2D eigenvalue weighted by atomic mass is 10.1. The van der Waals surface area contributed by atoms with Gasteiger partial charge in [0.1, 0.15) is 4.99 Å². The molecule has 2 fully saturated rings. The van der Waals surface area contributed by atoms with E-state index in [1.807, 2.05) is 13.8 Å². The summed E-state index contributed by atoms with van der Waals surface area (Å²) in [6.07, 6.45) is 2.73. The maximum absolute atomic E-state index is 5.90. The molecule has 0 atom stereocenters. The van der Waals surface area contributed by atoms with E-state index in [-0.39, 0.29) is 0 Å². The fraction of sp³-hybridized carbons (Fsp3) is 0.643. The smallest absolute Gasteiger partial charge is 0.161 e. The van der Waals surface area contributed by atoms with Crippen LogP contribution >= 0.6 is 12.2 Å². The molecule has 2 N–H and O–H groups in total. The normalized spacial score (nSPS) is 20.2. The number of aryl methyl sites for hydroxylation is 1. The molecule has 2 aliphatic rings. The average molecular weight is 291 g/mol. The van der Waals surface area contributed by atoms with Gasteiger partial charge in [0, 0.05) is 32.2 Å². The van der Waals surface area contributed by atoms with Gasteiger partial charge in [-0.3, -0.25) is 4.90 Å².